The molecule has 0 spiro atoms. The maximum absolute atomic E-state index is 13.3. The maximum atomic E-state index is 13.3. The molecule has 1 aromatic heterocycles. The SMILES string of the molecule is O=C(Cn1cnc2ccc(F)cc21)Nc1cccc(C(F)(F)F)c1. The number of halogens is 4. The van der Waals surface area contributed by atoms with Gasteiger partial charge in [-0.3, -0.25) is 4.79 Å². The Morgan fingerprint density at radius 3 is 2.71 bits per heavy atom. The van der Waals surface area contributed by atoms with Gasteiger partial charge in [-0.05, 0) is 36.4 Å². The Morgan fingerprint density at radius 1 is 1.17 bits per heavy atom. The summed E-state index contributed by atoms with van der Waals surface area (Å²) in [6.07, 6.45) is -3.12. The number of benzene rings is 2. The molecule has 3 aromatic rings. The number of carbonyl (C=O) groups excluding carboxylic acids is 1. The lowest BCUT2D eigenvalue weighted by molar-refractivity contribution is -0.137. The van der Waals surface area contributed by atoms with E-state index in [0.717, 1.165) is 12.1 Å². The number of nitrogens with one attached hydrogen (secondary N) is 1. The molecule has 0 aliphatic heterocycles. The average Bonchev–Trinajstić information content (AvgIpc) is 2.89. The van der Waals surface area contributed by atoms with Crippen LogP contribution >= 0.6 is 0 Å². The third-order valence-corrected chi connectivity index (χ3v) is 3.37. The number of carbonyl (C=O) groups is 1. The van der Waals surface area contributed by atoms with Crippen LogP contribution in [0.15, 0.2) is 48.8 Å². The first-order valence-electron chi connectivity index (χ1n) is 6.90. The van der Waals surface area contributed by atoms with E-state index in [1.165, 1.54) is 41.2 Å². The van der Waals surface area contributed by atoms with E-state index in [-0.39, 0.29) is 12.2 Å². The van der Waals surface area contributed by atoms with Gasteiger partial charge in [-0.2, -0.15) is 13.2 Å². The van der Waals surface area contributed by atoms with Crippen LogP contribution in [0, 0.1) is 5.82 Å². The molecule has 2 aromatic carbocycles. The second-order valence-corrected chi connectivity index (χ2v) is 5.13. The van der Waals surface area contributed by atoms with Gasteiger partial charge in [-0.1, -0.05) is 6.07 Å². The van der Waals surface area contributed by atoms with Crippen molar-refractivity contribution < 1.29 is 22.4 Å². The van der Waals surface area contributed by atoms with Crippen LogP contribution in [0.25, 0.3) is 11.0 Å². The molecule has 4 nitrogen and oxygen atoms in total. The fourth-order valence-electron chi connectivity index (χ4n) is 2.28. The van der Waals surface area contributed by atoms with E-state index in [0.29, 0.717) is 11.0 Å². The molecule has 0 saturated carbocycles. The van der Waals surface area contributed by atoms with Gasteiger partial charge >= 0.3 is 6.18 Å². The summed E-state index contributed by atoms with van der Waals surface area (Å²) < 4.78 is 52.7. The number of aromatic nitrogens is 2. The van der Waals surface area contributed by atoms with Crippen molar-refractivity contribution in [2.75, 3.05) is 5.32 Å². The number of hydrogen-bond acceptors (Lipinski definition) is 2. The van der Waals surface area contributed by atoms with Crippen LogP contribution in [0.3, 0.4) is 0 Å². The third kappa shape index (κ3) is 3.37. The zero-order valence-electron chi connectivity index (χ0n) is 12.1. The molecule has 0 unspecified atom stereocenters. The zero-order chi connectivity index (χ0) is 17.3. The maximum Gasteiger partial charge on any atom is 0.416 e. The van der Waals surface area contributed by atoms with Crippen molar-refractivity contribution in [3.05, 3.63) is 60.2 Å². The lowest BCUT2D eigenvalue weighted by Gasteiger charge is -2.10. The lowest BCUT2D eigenvalue weighted by atomic mass is 10.2. The molecular formula is C16H11F4N3O. The van der Waals surface area contributed by atoms with Gasteiger partial charge in [0.15, 0.2) is 0 Å². The number of alkyl halides is 3. The Balaban J connectivity index is 1.77. The summed E-state index contributed by atoms with van der Waals surface area (Å²) in [6, 6.07) is 8.30. The lowest BCUT2D eigenvalue weighted by Crippen LogP contribution is -2.18. The minimum atomic E-state index is -4.49. The number of anilines is 1. The first-order valence-corrected chi connectivity index (χ1v) is 6.90. The summed E-state index contributed by atoms with van der Waals surface area (Å²) in [5.41, 5.74) is 0.123. The molecule has 24 heavy (non-hydrogen) atoms. The van der Waals surface area contributed by atoms with Gasteiger partial charge < -0.3 is 9.88 Å². The molecule has 8 heteroatoms. The van der Waals surface area contributed by atoms with E-state index in [1.807, 2.05) is 0 Å². The topological polar surface area (TPSA) is 46.9 Å². The molecule has 0 fully saturated rings. The fourth-order valence-corrected chi connectivity index (χ4v) is 2.28. The summed E-state index contributed by atoms with van der Waals surface area (Å²) >= 11 is 0. The van der Waals surface area contributed by atoms with Crippen LogP contribution < -0.4 is 5.32 Å². The standard InChI is InChI=1S/C16H11F4N3O/c17-11-4-5-13-14(7-11)23(9-21-13)8-15(24)22-12-3-1-2-10(6-12)16(18,19)20/h1-7,9H,8H2,(H,22,24). The Bertz CT molecular complexity index is 902. The average molecular weight is 337 g/mol. The van der Waals surface area contributed by atoms with Crippen LogP contribution in [0.4, 0.5) is 23.2 Å². The monoisotopic (exact) mass is 337 g/mol. The fraction of sp³-hybridized carbons (Fsp3) is 0.125. The largest absolute Gasteiger partial charge is 0.416 e. The highest BCUT2D eigenvalue weighted by Crippen LogP contribution is 2.30. The van der Waals surface area contributed by atoms with E-state index in [1.54, 1.807) is 0 Å². The number of hydrogen-bond donors (Lipinski definition) is 1. The van der Waals surface area contributed by atoms with Gasteiger partial charge in [0, 0.05) is 5.69 Å². The van der Waals surface area contributed by atoms with E-state index in [9.17, 15) is 22.4 Å². The van der Waals surface area contributed by atoms with E-state index < -0.39 is 23.5 Å². The van der Waals surface area contributed by atoms with Gasteiger partial charge in [0.05, 0.1) is 22.9 Å². The van der Waals surface area contributed by atoms with E-state index in [2.05, 4.69) is 10.3 Å². The molecule has 124 valence electrons. The third-order valence-electron chi connectivity index (χ3n) is 3.37. The van der Waals surface area contributed by atoms with E-state index in [4.69, 9.17) is 0 Å². The van der Waals surface area contributed by atoms with Gasteiger partial charge in [0.25, 0.3) is 0 Å². The molecule has 3 rings (SSSR count). The minimum Gasteiger partial charge on any atom is -0.325 e. The van der Waals surface area contributed by atoms with Crippen LogP contribution in [0.5, 0.6) is 0 Å². The quantitative estimate of drug-likeness (QED) is 0.738. The number of rotatable bonds is 3. The number of imidazole rings is 1. The summed E-state index contributed by atoms with van der Waals surface area (Å²) in [5.74, 6) is -1.01. The first kappa shape index (κ1) is 16.0. The molecule has 0 bridgehead atoms. The molecule has 1 N–H and O–H groups in total. The molecule has 0 radical (unpaired) electrons. The molecule has 1 amide bonds. The molecule has 0 aliphatic carbocycles. The van der Waals surface area contributed by atoms with Gasteiger partial charge in [-0.15, -0.1) is 0 Å². The second-order valence-electron chi connectivity index (χ2n) is 5.13. The number of nitrogens with zero attached hydrogens (tertiary/aromatic N) is 2. The highest BCUT2D eigenvalue weighted by Gasteiger charge is 2.30. The predicted octanol–water partition coefficient (Wildman–Crippen LogP) is 3.83. The molecule has 0 atom stereocenters. The highest BCUT2D eigenvalue weighted by atomic mass is 19.4. The zero-order valence-corrected chi connectivity index (χ0v) is 12.1. The van der Waals surface area contributed by atoms with Crippen molar-refractivity contribution in [3.8, 4) is 0 Å². The first-order chi connectivity index (χ1) is 11.3. The van der Waals surface area contributed by atoms with Crippen molar-refractivity contribution in [1.82, 2.24) is 9.55 Å². The highest BCUT2D eigenvalue weighted by molar-refractivity contribution is 5.91. The van der Waals surface area contributed by atoms with Crippen LogP contribution in [0.1, 0.15) is 5.56 Å². The normalized spacial score (nSPS) is 11.7. The van der Waals surface area contributed by atoms with Crippen LogP contribution in [0.2, 0.25) is 0 Å². The summed E-state index contributed by atoms with van der Waals surface area (Å²) in [4.78, 5) is 16.1. The molecule has 1 heterocycles. The van der Waals surface area contributed by atoms with Crippen molar-refractivity contribution in [2.24, 2.45) is 0 Å². The van der Waals surface area contributed by atoms with Gasteiger partial charge in [-0.25, -0.2) is 9.37 Å². The van der Waals surface area contributed by atoms with Crippen LogP contribution in [-0.2, 0) is 17.5 Å². The van der Waals surface area contributed by atoms with Crippen molar-refractivity contribution in [2.45, 2.75) is 12.7 Å². The Hall–Kier alpha value is -2.90. The number of fused-ring (bicyclic) bond motifs is 1. The Kier molecular flexibility index (Phi) is 3.96. The molecule has 0 saturated heterocycles. The smallest absolute Gasteiger partial charge is 0.325 e. The van der Waals surface area contributed by atoms with Crippen LogP contribution in [-0.4, -0.2) is 15.5 Å². The van der Waals surface area contributed by atoms with Crippen molar-refractivity contribution >= 4 is 22.6 Å². The summed E-state index contributed by atoms with van der Waals surface area (Å²) in [5, 5.41) is 2.39. The number of amides is 1. The second kappa shape index (κ2) is 5.95. The van der Waals surface area contributed by atoms with Crippen molar-refractivity contribution in [3.63, 3.8) is 0 Å². The molecular weight excluding hydrogens is 326 g/mol. The minimum absolute atomic E-state index is 0.0328. The predicted molar refractivity (Wildman–Crippen MR) is 79.8 cm³/mol. The van der Waals surface area contributed by atoms with Crippen molar-refractivity contribution in [1.29, 1.82) is 0 Å². The Labute approximate surface area is 133 Å². The summed E-state index contributed by atoms with van der Waals surface area (Å²) in [7, 11) is 0. The van der Waals surface area contributed by atoms with E-state index >= 15 is 0 Å². The Morgan fingerprint density at radius 2 is 1.96 bits per heavy atom. The van der Waals surface area contributed by atoms with Gasteiger partial charge in [0.2, 0.25) is 5.91 Å². The molecule has 0 aliphatic rings. The summed E-state index contributed by atoms with van der Waals surface area (Å²) in [6.45, 7) is -0.198. The van der Waals surface area contributed by atoms with Gasteiger partial charge in [0.1, 0.15) is 12.4 Å².